The van der Waals surface area contributed by atoms with Gasteiger partial charge in [0.15, 0.2) is 0 Å². The second-order valence-electron chi connectivity index (χ2n) is 3.41. The van der Waals surface area contributed by atoms with Gasteiger partial charge in [0.05, 0.1) is 12.3 Å². The standard InChI is InChI=1S/C10H12N4O/c1-14-6-8(3-13-14)2-10(15)9-4-11-7-12-5-9/h3-7,10,15H,2H2,1H3. The summed E-state index contributed by atoms with van der Waals surface area (Å²) in [6, 6.07) is 0. The van der Waals surface area contributed by atoms with E-state index in [0.717, 1.165) is 11.1 Å². The van der Waals surface area contributed by atoms with Crippen molar-refractivity contribution in [1.29, 1.82) is 0 Å². The van der Waals surface area contributed by atoms with Crippen molar-refractivity contribution in [1.82, 2.24) is 19.7 Å². The number of aromatic nitrogens is 4. The Morgan fingerprint density at radius 1 is 1.33 bits per heavy atom. The molecule has 0 bridgehead atoms. The van der Waals surface area contributed by atoms with Crippen LogP contribution < -0.4 is 0 Å². The van der Waals surface area contributed by atoms with Crippen molar-refractivity contribution < 1.29 is 5.11 Å². The first-order chi connectivity index (χ1) is 7.25. The molecule has 2 aromatic heterocycles. The molecular weight excluding hydrogens is 192 g/mol. The molecule has 0 fully saturated rings. The lowest BCUT2D eigenvalue weighted by Gasteiger charge is -2.07. The Hall–Kier alpha value is -1.75. The maximum atomic E-state index is 9.87. The van der Waals surface area contributed by atoms with Crippen LogP contribution in [0.5, 0.6) is 0 Å². The van der Waals surface area contributed by atoms with Crippen LogP contribution >= 0.6 is 0 Å². The van der Waals surface area contributed by atoms with Crippen LogP contribution in [0.25, 0.3) is 0 Å². The van der Waals surface area contributed by atoms with Gasteiger partial charge in [0, 0.05) is 37.6 Å². The minimum Gasteiger partial charge on any atom is -0.388 e. The minimum absolute atomic E-state index is 0.529. The van der Waals surface area contributed by atoms with Gasteiger partial charge >= 0.3 is 0 Å². The first kappa shape index (κ1) is 9.79. The second kappa shape index (κ2) is 4.18. The topological polar surface area (TPSA) is 63.8 Å². The highest BCUT2D eigenvalue weighted by atomic mass is 16.3. The van der Waals surface area contributed by atoms with Crippen LogP contribution in [-0.2, 0) is 13.5 Å². The lowest BCUT2D eigenvalue weighted by molar-refractivity contribution is 0.177. The fraction of sp³-hybridized carbons (Fsp3) is 0.300. The van der Waals surface area contributed by atoms with Crippen molar-refractivity contribution in [3.63, 3.8) is 0 Å². The predicted molar refractivity (Wildman–Crippen MR) is 53.9 cm³/mol. The third-order valence-corrected chi connectivity index (χ3v) is 2.15. The predicted octanol–water partition coefficient (Wildman–Crippen LogP) is 0.486. The summed E-state index contributed by atoms with van der Waals surface area (Å²) >= 11 is 0. The summed E-state index contributed by atoms with van der Waals surface area (Å²) in [6.07, 6.45) is 8.26. The number of aliphatic hydroxyl groups excluding tert-OH is 1. The number of rotatable bonds is 3. The third-order valence-electron chi connectivity index (χ3n) is 2.15. The van der Waals surface area contributed by atoms with Gasteiger partial charge in [-0.25, -0.2) is 9.97 Å². The van der Waals surface area contributed by atoms with Crippen LogP contribution in [0.2, 0.25) is 0 Å². The molecule has 0 aromatic carbocycles. The van der Waals surface area contributed by atoms with Gasteiger partial charge in [0.2, 0.25) is 0 Å². The molecule has 0 spiro atoms. The highest BCUT2D eigenvalue weighted by molar-refractivity contribution is 5.13. The maximum absolute atomic E-state index is 9.87. The average molecular weight is 204 g/mol. The summed E-state index contributed by atoms with van der Waals surface area (Å²) in [6.45, 7) is 0. The van der Waals surface area contributed by atoms with E-state index in [9.17, 15) is 5.11 Å². The van der Waals surface area contributed by atoms with E-state index in [1.54, 1.807) is 23.3 Å². The van der Waals surface area contributed by atoms with Crippen LogP contribution in [0.15, 0.2) is 31.1 Å². The van der Waals surface area contributed by atoms with Gasteiger partial charge in [-0.2, -0.15) is 5.10 Å². The first-order valence-electron chi connectivity index (χ1n) is 4.66. The third kappa shape index (κ3) is 2.38. The second-order valence-corrected chi connectivity index (χ2v) is 3.41. The van der Waals surface area contributed by atoms with E-state index in [-0.39, 0.29) is 0 Å². The molecule has 1 atom stereocenters. The van der Waals surface area contributed by atoms with Crippen molar-refractivity contribution >= 4 is 0 Å². The fourth-order valence-corrected chi connectivity index (χ4v) is 1.40. The molecule has 0 aliphatic rings. The van der Waals surface area contributed by atoms with E-state index in [1.165, 1.54) is 6.33 Å². The van der Waals surface area contributed by atoms with Crippen LogP contribution in [-0.4, -0.2) is 24.9 Å². The van der Waals surface area contributed by atoms with Gasteiger partial charge in [-0.15, -0.1) is 0 Å². The monoisotopic (exact) mass is 204 g/mol. The van der Waals surface area contributed by atoms with Crippen LogP contribution in [0, 0.1) is 0 Å². The SMILES string of the molecule is Cn1cc(CC(O)c2cncnc2)cn1. The summed E-state index contributed by atoms with van der Waals surface area (Å²) < 4.78 is 1.71. The van der Waals surface area contributed by atoms with Crippen molar-refractivity contribution in [2.75, 3.05) is 0 Å². The Morgan fingerprint density at radius 3 is 2.67 bits per heavy atom. The molecular formula is C10H12N4O. The Labute approximate surface area is 87.4 Å². The number of hydrogen-bond donors (Lipinski definition) is 1. The van der Waals surface area contributed by atoms with E-state index in [0.29, 0.717) is 6.42 Å². The lowest BCUT2D eigenvalue weighted by Crippen LogP contribution is -2.02. The number of nitrogens with zero attached hydrogens (tertiary/aromatic N) is 4. The Balaban J connectivity index is 2.07. The van der Waals surface area contributed by atoms with Gasteiger partial charge in [-0.05, 0) is 5.56 Å². The summed E-state index contributed by atoms with van der Waals surface area (Å²) in [5.74, 6) is 0. The largest absolute Gasteiger partial charge is 0.388 e. The van der Waals surface area contributed by atoms with Crippen LogP contribution in [0.1, 0.15) is 17.2 Å². The molecule has 0 aliphatic heterocycles. The molecule has 5 heteroatoms. The number of hydrogen-bond acceptors (Lipinski definition) is 4. The number of aryl methyl sites for hydroxylation is 1. The molecule has 2 heterocycles. The Kier molecular flexibility index (Phi) is 2.73. The van der Waals surface area contributed by atoms with Crippen molar-refractivity contribution in [3.8, 4) is 0 Å². The quantitative estimate of drug-likeness (QED) is 0.790. The normalized spacial score (nSPS) is 12.7. The van der Waals surface area contributed by atoms with E-state index in [4.69, 9.17) is 0 Å². The van der Waals surface area contributed by atoms with Gasteiger partial charge in [0.25, 0.3) is 0 Å². The van der Waals surface area contributed by atoms with Crippen molar-refractivity contribution in [3.05, 3.63) is 42.2 Å². The fourth-order valence-electron chi connectivity index (χ4n) is 1.40. The molecule has 0 saturated carbocycles. The molecule has 0 saturated heterocycles. The zero-order chi connectivity index (χ0) is 10.7. The highest BCUT2D eigenvalue weighted by Crippen LogP contribution is 2.15. The van der Waals surface area contributed by atoms with E-state index < -0.39 is 6.10 Å². The molecule has 0 radical (unpaired) electrons. The summed E-state index contributed by atoms with van der Waals surface area (Å²) in [4.78, 5) is 7.72. The Bertz CT molecular complexity index is 426. The molecule has 2 rings (SSSR count). The molecule has 0 amide bonds. The molecule has 78 valence electrons. The average Bonchev–Trinajstić information content (AvgIpc) is 2.65. The minimum atomic E-state index is -0.574. The van der Waals surface area contributed by atoms with E-state index in [2.05, 4.69) is 15.1 Å². The smallest absolute Gasteiger partial charge is 0.115 e. The summed E-state index contributed by atoms with van der Waals surface area (Å²) in [7, 11) is 1.85. The van der Waals surface area contributed by atoms with Crippen molar-refractivity contribution in [2.24, 2.45) is 7.05 Å². The van der Waals surface area contributed by atoms with Crippen LogP contribution in [0.4, 0.5) is 0 Å². The zero-order valence-electron chi connectivity index (χ0n) is 8.41. The van der Waals surface area contributed by atoms with Gasteiger partial charge in [-0.3, -0.25) is 4.68 Å². The summed E-state index contributed by atoms with van der Waals surface area (Å²) in [5.41, 5.74) is 1.72. The molecule has 5 nitrogen and oxygen atoms in total. The molecule has 15 heavy (non-hydrogen) atoms. The highest BCUT2D eigenvalue weighted by Gasteiger charge is 2.09. The molecule has 0 aliphatic carbocycles. The Morgan fingerprint density at radius 2 is 2.07 bits per heavy atom. The van der Waals surface area contributed by atoms with Gasteiger partial charge in [-0.1, -0.05) is 0 Å². The first-order valence-corrected chi connectivity index (χ1v) is 4.66. The molecule has 1 unspecified atom stereocenters. The van der Waals surface area contributed by atoms with Crippen molar-refractivity contribution in [2.45, 2.75) is 12.5 Å². The zero-order valence-corrected chi connectivity index (χ0v) is 8.41. The van der Waals surface area contributed by atoms with Gasteiger partial charge in [0.1, 0.15) is 6.33 Å². The van der Waals surface area contributed by atoms with E-state index in [1.807, 2.05) is 13.2 Å². The lowest BCUT2D eigenvalue weighted by atomic mass is 10.1. The van der Waals surface area contributed by atoms with E-state index >= 15 is 0 Å². The maximum Gasteiger partial charge on any atom is 0.115 e. The number of aliphatic hydroxyl groups is 1. The van der Waals surface area contributed by atoms with Crippen LogP contribution in [0.3, 0.4) is 0 Å². The molecule has 1 N–H and O–H groups in total. The summed E-state index contributed by atoms with van der Waals surface area (Å²) in [5, 5.41) is 13.9. The van der Waals surface area contributed by atoms with Gasteiger partial charge < -0.3 is 5.11 Å². The molecule has 2 aromatic rings.